The number of hydrogen-bond acceptors (Lipinski definition) is 7. The van der Waals surface area contributed by atoms with Crippen molar-refractivity contribution in [3.05, 3.63) is 90.3 Å². The number of carbonyl (C=O) groups is 2. The Balaban J connectivity index is 1.35. The SMILES string of the molecule is CCOC(=O)N[C@@H](CC(=O)N/N=C\c1ccc(Sc2cccc3cccnc23)o1)c1ccccc1. The summed E-state index contributed by atoms with van der Waals surface area (Å²) in [6, 6.07) is 22.2. The van der Waals surface area contributed by atoms with E-state index in [0.717, 1.165) is 21.4 Å². The lowest BCUT2D eigenvalue weighted by Gasteiger charge is -2.17. The van der Waals surface area contributed by atoms with Gasteiger partial charge in [0, 0.05) is 16.5 Å². The van der Waals surface area contributed by atoms with Crippen molar-refractivity contribution in [2.24, 2.45) is 5.10 Å². The number of pyridine rings is 1. The lowest BCUT2D eigenvalue weighted by atomic mass is 10.0. The fourth-order valence-electron chi connectivity index (χ4n) is 3.38. The second kappa shape index (κ2) is 11.8. The van der Waals surface area contributed by atoms with E-state index in [1.54, 1.807) is 19.2 Å². The maximum atomic E-state index is 12.5. The second-order valence-corrected chi connectivity index (χ2v) is 8.46. The number of fused-ring (bicyclic) bond motifs is 1. The van der Waals surface area contributed by atoms with Gasteiger partial charge in [-0.2, -0.15) is 5.10 Å². The quantitative estimate of drug-likeness (QED) is 0.244. The predicted molar refractivity (Wildman–Crippen MR) is 134 cm³/mol. The monoisotopic (exact) mass is 488 g/mol. The van der Waals surface area contributed by atoms with Crippen LogP contribution in [0, 0.1) is 0 Å². The van der Waals surface area contributed by atoms with Gasteiger partial charge in [-0.25, -0.2) is 10.2 Å². The van der Waals surface area contributed by atoms with Crippen LogP contribution in [0.1, 0.15) is 30.7 Å². The summed E-state index contributed by atoms with van der Waals surface area (Å²) in [5, 5.41) is 8.44. The zero-order valence-electron chi connectivity index (χ0n) is 19.0. The lowest BCUT2D eigenvalue weighted by molar-refractivity contribution is -0.121. The molecule has 35 heavy (non-hydrogen) atoms. The number of alkyl carbamates (subject to hydrolysis) is 1. The normalized spacial score (nSPS) is 11.9. The number of carbonyl (C=O) groups excluding carboxylic acids is 2. The molecule has 2 amide bonds. The second-order valence-electron chi connectivity index (χ2n) is 7.42. The third kappa shape index (κ3) is 6.70. The third-order valence-electron chi connectivity index (χ3n) is 4.95. The average Bonchev–Trinajstić information content (AvgIpc) is 3.31. The van der Waals surface area contributed by atoms with E-state index in [1.165, 1.54) is 18.0 Å². The van der Waals surface area contributed by atoms with Gasteiger partial charge in [-0.05, 0) is 48.5 Å². The van der Waals surface area contributed by atoms with Crippen LogP contribution in [-0.2, 0) is 9.53 Å². The highest BCUT2D eigenvalue weighted by Gasteiger charge is 2.18. The molecule has 2 aromatic heterocycles. The van der Waals surface area contributed by atoms with Crippen LogP contribution in [0.25, 0.3) is 10.9 Å². The fraction of sp³-hybridized carbons (Fsp3) is 0.154. The van der Waals surface area contributed by atoms with Gasteiger partial charge in [0.1, 0.15) is 5.76 Å². The van der Waals surface area contributed by atoms with Gasteiger partial charge in [0.25, 0.3) is 0 Å². The molecular formula is C26H24N4O4S. The third-order valence-corrected chi connectivity index (χ3v) is 5.92. The van der Waals surface area contributed by atoms with E-state index in [4.69, 9.17) is 9.15 Å². The van der Waals surface area contributed by atoms with Gasteiger partial charge in [-0.1, -0.05) is 48.5 Å². The first kappa shape index (κ1) is 24.0. The number of nitrogens with one attached hydrogen (secondary N) is 2. The van der Waals surface area contributed by atoms with Crippen LogP contribution in [0.3, 0.4) is 0 Å². The van der Waals surface area contributed by atoms with Crippen molar-refractivity contribution in [2.75, 3.05) is 6.61 Å². The number of amides is 2. The summed E-state index contributed by atoms with van der Waals surface area (Å²) in [4.78, 5) is 29.8. The van der Waals surface area contributed by atoms with Crippen LogP contribution in [0.15, 0.2) is 98.5 Å². The van der Waals surface area contributed by atoms with E-state index < -0.39 is 12.1 Å². The minimum atomic E-state index is -0.584. The molecule has 1 atom stereocenters. The Labute approximate surface area is 206 Å². The summed E-state index contributed by atoms with van der Waals surface area (Å²) in [5.74, 6) is 0.125. The molecule has 0 aliphatic heterocycles. The van der Waals surface area contributed by atoms with E-state index in [-0.39, 0.29) is 18.9 Å². The first-order valence-electron chi connectivity index (χ1n) is 11.0. The van der Waals surface area contributed by atoms with Gasteiger partial charge in [0.15, 0.2) is 5.09 Å². The van der Waals surface area contributed by atoms with Crippen molar-refractivity contribution in [1.29, 1.82) is 0 Å². The number of hydrazone groups is 1. The molecule has 2 N–H and O–H groups in total. The van der Waals surface area contributed by atoms with Crippen molar-refractivity contribution in [3.63, 3.8) is 0 Å². The summed E-state index contributed by atoms with van der Waals surface area (Å²) < 4.78 is 10.8. The number of hydrogen-bond donors (Lipinski definition) is 2. The Morgan fingerprint density at radius 3 is 2.74 bits per heavy atom. The molecule has 0 unspecified atom stereocenters. The number of nitrogens with zero attached hydrogens (tertiary/aromatic N) is 2. The number of furan rings is 1. The minimum absolute atomic E-state index is 0.00644. The number of ether oxygens (including phenoxy) is 1. The van der Waals surface area contributed by atoms with Crippen LogP contribution in [0.5, 0.6) is 0 Å². The van der Waals surface area contributed by atoms with Crippen LogP contribution in [0.2, 0.25) is 0 Å². The van der Waals surface area contributed by atoms with Crippen molar-refractivity contribution in [2.45, 2.75) is 29.4 Å². The van der Waals surface area contributed by atoms with Crippen molar-refractivity contribution in [3.8, 4) is 0 Å². The Morgan fingerprint density at radius 2 is 1.91 bits per heavy atom. The molecule has 0 fully saturated rings. The molecule has 178 valence electrons. The smallest absolute Gasteiger partial charge is 0.407 e. The largest absolute Gasteiger partial charge is 0.450 e. The lowest BCUT2D eigenvalue weighted by Crippen LogP contribution is -2.33. The zero-order valence-corrected chi connectivity index (χ0v) is 19.8. The highest BCUT2D eigenvalue weighted by molar-refractivity contribution is 7.99. The van der Waals surface area contributed by atoms with Crippen LogP contribution < -0.4 is 10.7 Å². The zero-order chi connectivity index (χ0) is 24.5. The molecular weight excluding hydrogens is 464 g/mol. The van der Waals surface area contributed by atoms with E-state index in [2.05, 4.69) is 20.8 Å². The number of benzene rings is 2. The number of rotatable bonds is 9. The van der Waals surface area contributed by atoms with Gasteiger partial charge < -0.3 is 14.5 Å². The first-order chi connectivity index (χ1) is 17.1. The van der Waals surface area contributed by atoms with Gasteiger partial charge in [-0.3, -0.25) is 9.78 Å². The molecule has 9 heteroatoms. The molecule has 4 rings (SSSR count). The summed E-state index contributed by atoms with van der Waals surface area (Å²) in [7, 11) is 0. The maximum Gasteiger partial charge on any atom is 0.407 e. The van der Waals surface area contributed by atoms with E-state index >= 15 is 0 Å². The van der Waals surface area contributed by atoms with Crippen LogP contribution in [0.4, 0.5) is 4.79 Å². The van der Waals surface area contributed by atoms with Gasteiger partial charge in [0.2, 0.25) is 5.91 Å². The minimum Gasteiger partial charge on any atom is -0.450 e. The number of aromatic nitrogens is 1. The molecule has 0 radical (unpaired) electrons. The van der Waals surface area contributed by atoms with E-state index in [0.29, 0.717) is 10.9 Å². The summed E-state index contributed by atoms with van der Waals surface area (Å²) >= 11 is 1.46. The Kier molecular flexibility index (Phi) is 8.13. The van der Waals surface area contributed by atoms with Gasteiger partial charge >= 0.3 is 6.09 Å². The number of para-hydroxylation sites is 1. The van der Waals surface area contributed by atoms with Crippen molar-refractivity contribution in [1.82, 2.24) is 15.7 Å². The molecule has 0 aliphatic carbocycles. The van der Waals surface area contributed by atoms with E-state index in [9.17, 15) is 9.59 Å². The molecule has 0 aliphatic rings. The standard InChI is InChI=1S/C26H24N4O4S/c1-2-33-26(32)29-21(18-8-4-3-5-9-18)16-23(31)30-28-17-20-13-14-24(34-20)35-22-12-6-10-19-11-7-15-27-25(19)22/h3-15,17,21H,2,16H2,1H3,(H,29,32)(H,30,31)/b28-17-/t21-/m0/s1. The molecule has 0 spiro atoms. The van der Waals surface area contributed by atoms with E-state index in [1.807, 2.05) is 66.7 Å². The summed E-state index contributed by atoms with van der Waals surface area (Å²) in [5.41, 5.74) is 4.17. The highest BCUT2D eigenvalue weighted by Crippen LogP contribution is 2.33. The molecule has 0 saturated carbocycles. The van der Waals surface area contributed by atoms with Crippen molar-refractivity contribution >= 4 is 40.9 Å². The molecule has 0 bridgehead atoms. The Bertz CT molecular complexity index is 1320. The summed E-state index contributed by atoms with van der Waals surface area (Å²) in [6.07, 6.45) is 2.60. The maximum absolute atomic E-state index is 12.5. The topological polar surface area (TPSA) is 106 Å². The Morgan fingerprint density at radius 1 is 1.09 bits per heavy atom. The Hall–Kier alpha value is -4.11. The first-order valence-corrected chi connectivity index (χ1v) is 11.9. The fourth-order valence-corrected chi connectivity index (χ4v) is 4.28. The van der Waals surface area contributed by atoms with Crippen LogP contribution >= 0.6 is 11.8 Å². The molecule has 2 aromatic carbocycles. The van der Waals surface area contributed by atoms with Crippen molar-refractivity contribution < 1.29 is 18.7 Å². The summed E-state index contributed by atoms with van der Waals surface area (Å²) in [6.45, 7) is 1.96. The van der Waals surface area contributed by atoms with Gasteiger partial charge in [0.05, 0.1) is 30.8 Å². The molecule has 2 heterocycles. The van der Waals surface area contributed by atoms with Gasteiger partial charge in [-0.15, -0.1) is 0 Å². The molecule has 8 nitrogen and oxygen atoms in total. The molecule has 0 saturated heterocycles. The van der Waals surface area contributed by atoms with Crippen LogP contribution in [-0.4, -0.2) is 29.8 Å². The predicted octanol–water partition coefficient (Wildman–Crippen LogP) is 5.31. The average molecular weight is 489 g/mol. The highest BCUT2D eigenvalue weighted by atomic mass is 32.2. The molecule has 4 aromatic rings.